The second-order valence-corrected chi connectivity index (χ2v) is 5.51. The molecule has 9 nitrogen and oxygen atoms in total. The van der Waals surface area contributed by atoms with Gasteiger partial charge in [0.15, 0.2) is 17.3 Å². The van der Waals surface area contributed by atoms with Gasteiger partial charge in [0, 0.05) is 19.7 Å². The van der Waals surface area contributed by atoms with Gasteiger partial charge in [0.1, 0.15) is 0 Å². The Hall–Kier alpha value is -2.81. The summed E-state index contributed by atoms with van der Waals surface area (Å²) < 4.78 is 24.8. The lowest BCUT2D eigenvalue weighted by Gasteiger charge is -2.23. The molecule has 9 heteroatoms. The Bertz CT molecular complexity index is 675. The Kier molecular flexibility index (Phi) is 6.79. The van der Waals surface area contributed by atoms with E-state index < -0.39 is 24.9 Å². The molecule has 142 valence electrons. The van der Waals surface area contributed by atoms with E-state index in [9.17, 15) is 14.4 Å². The van der Waals surface area contributed by atoms with Crippen molar-refractivity contribution in [1.82, 2.24) is 4.90 Å². The maximum absolute atomic E-state index is 12.5. The van der Waals surface area contributed by atoms with Gasteiger partial charge in [-0.2, -0.15) is 0 Å². The van der Waals surface area contributed by atoms with Gasteiger partial charge in [0.05, 0.1) is 19.1 Å². The SMILES string of the molecule is COCCC(=O)OCOC(=O)N(C)C(C)C(=O)c1ccc2c(c1)OCO2. The van der Waals surface area contributed by atoms with Crippen molar-refractivity contribution in [2.45, 2.75) is 19.4 Å². The van der Waals surface area contributed by atoms with Crippen LogP contribution in [-0.4, -0.2) is 63.1 Å². The summed E-state index contributed by atoms with van der Waals surface area (Å²) in [6.45, 7) is 1.36. The minimum absolute atomic E-state index is 0.0584. The highest BCUT2D eigenvalue weighted by Gasteiger charge is 2.26. The summed E-state index contributed by atoms with van der Waals surface area (Å²) in [6, 6.07) is 4.02. The number of likely N-dealkylation sites (N-methyl/N-ethyl adjacent to an activating group) is 1. The van der Waals surface area contributed by atoms with Gasteiger partial charge in [0.2, 0.25) is 13.6 Å². The van der Waals surface area contributed by atoms with Gasteiger partial charge >= 0.3 is 12.1 Å². The number of ether oxygens (including phenoxy) is 5. The first-order valence-electron chi connectivity index (χ1n) is 7.92. The molecule has 1 heterocycles. The van der Waals surface area contributed by atoms with Crippen LogP contribution in [0.4, 0.5) is 4.79 Å². The number of hydrogen-bond donors (Lipinski definition) is 0. The Labute approximate surface area is 150 Å². The molecule has 1 atom stereocenters. The van der Waals surface area contributed by atoms with E-state index in [1.54, 1.807) is 25.1 Å². The summed E-state index contributed by atoms with van der Waals surface area (Å²) in [7, 11) is 2.88. The van der Waals surface area contributed by atoms with Crippen LogP contribution in [0.1, 0.15) is 23.7 Å². The molecule has 1 unspecified atom stereocenters. The highest BCUT2D eigenvalue weighted by molar-refractivity contribution is 6.01. The minimum atomic E-state index is -0.786. The van der Waals surface area contributed by atoms with Crippen LogP contribution in [-0.2, 0) is 19.0 Å². The highest BCUT2D eigenvalue weighted by atomic mass is 16.7. The summed E-state index contributed by atoms with van der Waals surface area (Å²) in [5.41, 5.74) is 0.382. The summed E-state index contributed by atoms with van der Waals surface area (Å²) in [4.78, 5) is 37.0. The Morgan fingerprint density at radius 3 is 2.65 bits per heavy atom. The van der Waals surface area contributed by atoms with E-state index >= 15 is 0 Å². The fraction of sp³-hybridized carbons (Fsp3) is 0.471. The van der Waals surface area contributed by atoms with E-state index in [2.05, 4.69) is 0 Å². The fourth-order valence-electron chi connectivity index (χ4n) is 2.13. The zero-order valence-corrected chi connectivity index (χ0v) is 14.9. The van der Waals surface area contributed by atoms with Crippen LogP contribution in [0.2, 0.25) is 0 Å². The highest BCUT2D eigenvalue weighted by Crippen LogP contribution is 2.32. The molecule has 1 amide bonds. The largest absolute Gasteiger partial charge is 0.454 e. The summed E-state index contributed by atoms with van der Waals surface area (Å²) >= 11 is 0. The number of hydrogen-bond acceptors (Lipinski definition) is 8. The monoisotopic (exact) mass is 367 g/mol. The Balaban J connectivity index is 1.85. The number of Topliss-reactive ketones (excluding diaryl/α,β-unsaturated/α-hetero) is 1. The Morgan fingerprint density at radius 2 is 1.92 bits per heavy atom. The number of amides is 1. The molecule has 26 heavy (non-hydrogen) atoms. The third-order valence-electron chi connectivity index (χ3n) is 3.82. The normalized spacial score (nSPS) is 13.0. The van der Waals surface area contributed by atoms with Crippen LogP contribution in [0.15, 0.2) is 18.2 Å². The number of carbonyl (C=O) groups excluding carboxylic acids is 3. The minimum Gasteiger partial charge on any atom is -0.454 e. The molecular formula is C17H21NO8. The van der Waals surface area contributed by atoms with Crippen molar-refractivity contribution >= 4 is 17.8 Å². The average molecular weight is 367 g/mol. The lowest BCUT2D eigenvalue weighted by Crippen LogP contribution is -2.41. The quantitative estimate of drug-likeness (QED) is 0.388. The summed E-state index contributed by atoms with van der Waals surface area (Å²) in [6.07, 6.45) is -0.728. The van der Waals surface area contributed by atoms with E-state index in [-0.39, 0.29) is 25.6 Å². The molecule has 0 bridgehead atoms. The fourth-order valence-corrected chi connectivity index (χ4v) is 2.13. The molecule has 0 spiro atoms. The second kappa shape index (κ2) is 9.04. The maximum atomic E-state index is 12.5. The van der Waals surface area contributed by atoms with Gasteiger partial charge < -0.3 is 28.6 Å². The lowest BCUT2D eigenvalue weighted by atomic mass is 10.0. The van der Waals surface area contributed by atoms with Crippen LogP contribution in [0, 0.1) is 0 Å². The molecule has 1 aliphatic heterocycles. The molecule has 0 radical (unpaired) electrons. The van der Waals surface area contributed by atoms with E-state index in [0.717, 1.165) is 4.90 Å². The van der Waals surface area contributed by atoms with Crippen LogP contribution in [0.5, 0.6) is 11.5 Å². The van der Waals surface area contributed by atoms with Gasteiger partial charge in [-0.3, -0.25) is 9.59 Å². The Morgan fingerprint density at radius 1 is 1.19 bits per heavy atom. The lowest BCUT2D eigenvalue weighted by molar-refractivity contribution is -0.153. The van der Waals surface area contributed by atoms with E-state index in [1.165, 1.54) is 14.2 Å². The molecule has 1 aliphatic rings. The number of nitrogens with zero attached hydrogens (tertiary/aromatic N) is 1. The van der Waals surface area contributed by atoms with Crippen molar-refractivity contribution in [3.05, 3.63) is 23.8 Å². The number of rotatable bonds is 8. The van der Waals surface area contributed by atoms with Gasteiger partial charge in [-0.15, -0.1) is 0 Å². The molecule has 1 aromatic rings. The molecule has 0 aliphatic carbocycles. The molecule has 0 saturated carbocycles. The first-order chi connectivity index (χ1) is 12.4. The maximum Gasteiger partial charge on any atom is 0.413 e. The first kappa shape index (κ1) is 19.5. The molecule has 2 rings (SSSR count). The number of carbonyl (C=O) groups is 3. The van der Waals surface area contributed by atoms with E-state index in [1.807, 2.05) is 0 Å². The molecule has 0 aromatic heterocycles. The number of methoxy groups -OCH3 is 1. The smallest absolute Gasteiger partial charge is 0.413 e. The van der Waals surface area contributed by atoms with Crippen molar-refractivity contribution in [1.29, 1.82) is 0 Å². The van der Waals surface area contributed by atoms with Crippen molar-refractivity contribution in [2.75, 3.05) is 34.4 Å². The van der Waals surface area contributed by atoms with Crippen molar-refractivity contribution in [2.24, 2.45) is 0 Å². The van der Waals surface area contributed by atoms with Gasteiger partial charge in [-0.05, 0) is 25.1 Å². The van der Waals surface area contributed by atoms with E-state index in [0.29, 0.717) is 17.1 Å². The zero-order chi connectivity index (χ0) is 19.1. The van der Waals surface area contributed by atoms with Crippen LogP contribution in [0.3, 0.4) is 0 Å². The zero-order valence-electron chi connectivity index (χ0n) is 14.9. The first-order valence-corrected chi connectivity index (χ1v) is 7.92. The number of benzene rings is 1. The standard InChI is InChI=1S/C17H21NO8/c1-11(16(20)12-4-5-13-14(8-12)24-9-23-13)18(2)17(21)26-10-25-15(19)6-7-22-3/h4-5,8,11H,6-7,9-10H2,1-3H3. The van der Waals surface area contributed by atoms with Crippen molar-refractivity contribution in [3.63, 3.8) is 0 Å². The number of esters is 1. The topological polar surface area (TPSA) is 101 Å². The van der Waals surface area contributed by atoms with Gasteiger partial charge in [-0.1, -0.05) is 0 Å². The average Bonchev–Trinajstić information content (AvgIpc) is 3.12. The molecule has 0 saturated heterocycles. The summed E-state index contributed by atoms with van der Waals surface area (Å²) in [5.74, 6) is 0.208. The predicted octanol–water partition coefficient (Wildman–Crippen LogP) is 1.59. The third kappa shape index (κ3) is 4.85. The van der Waals surface area contributed by atoms with Gasteiger partial charge in [-0.25, -0.2) is 4.79 Å². The number of ketones is 1. The van der Waals surface area contributed by atoms with Gasteiger partial charge in [0.25, 0.3) is 0 Å². The van der Waals surface area contributed by atoms with Crippen LogP contribution in [0.25, 0.3) is 0 Å². The van der Waals surface area contributed by atoms with Crippen molar-refractivity contribution in [3.8, 4) is 11.5 Å². The molecular weight excluding hydrogens is 346 g/mol. The molecule has 0 N–H and O–H groups in total. The van der Waals surface area contributed by atoms with Crippen LogP contribution >= 0.6 is 0 Å². The predicted molar refractivity (Wildman–Crippen MR) is 88.1 cm³/mol. The second-order valence-electron chi connectivity index (χ2n) is 5.51. The molecule has 1 aromatic carbocycles. The number of fused-ring (bicyclic) bond motifs is 1. The van der Waals surface area contributed by atoms with E-state index in [4.69, 9.17) is 23.7 Å². The van der Waals surface area contributed by atoms with Crippen LogP contribution < -0.4 is 9.47 Å². The third-order valence-corrected chi connectivity index (χ3v) is 3.82. The molecule has 0 fully saturated rings. The van der Waals surface area contributed by atoms with Crippen molar-refractivity contribution < 1.29 is 38.1 Å². The summed E-state index contributed by atoms with van der Waals surface area (Å²) in [5, 5.41) is 0.